The van der Waals surface area contributed by atoms with Crippen LogP contribution in [0.25, 0.3) is 5.69 Å². The maximum Gasteiger partial charge on any atom is 0.253 e. The number of nitrogens with one attached hydrogen (secondary N) is 1. The van der Waals surface area contributed by atoms with E-state index in [-0.39, 0.29) is 17.9 Å². The Morgan fingerprint density at radius 3 is 2.29 bits per heavy atom. The van der Waals surface area contributed by atoms with Crippen molar-refractivity contribution >= 4 is 11.8 Å². The van der Waals surface area contributed by atoms with Crippen LogP contribution in [0, 0.1) is 0 Å². The lowest BCUT2D eigenvalue weighted by atomic mass is 10.0. The Morgan fingerprint density at radius 1 is 0.929 bits per heavy atom. The number of hydrogen-bond donors (Lipinski definition) is 1. The van der Waals surface area contributed by atoms with E-state index in [2.05, 4.69) is 10.3 Å². The van der Waals surface area contributed by atoms with E-state index in [1.807, 2.05) is 58.3 Å². The number of hydrogen-bond acceptors (Lipinski definition) is 3. The number of aromatic nitrogens is 2. The molecular formula is C22H22N4O2. The normalized spacial score (nSPS) is 14.6. The van der Waals surface area contributed by atoms with Crippen molar-refractivity contribution in [3.63, 3.8) is 0 Å². The number of nitrogens with zero attached hydrogens (tertiary/aromatic N) is 3. The fourth-order valence-corrected chi connectivity index (χ4v) is 3.46. The van der Waals surface area contributed by atoms with Crippen LogP contribution in [0.3, 0.4) is 0 Å². The molecule has 2 aromatic heterocycles. The van der Waals surface area contributed by atoms with E-state index in [4.69, 9.17) is 0 Å². The van der Waals surface area contributed by atoms with Crippen molar-refractivity contribution in [2.75, 3.05) is 13.1 Å². The minimum atomic E-state index is -0.113. The smallest absolute Gasteiger partial charge is 0.253 e. The summed E-state index contributed by atoms with van der Waals surface area (Å²) in [6.45, 7) is 1.27. The van der Waals surface area contributed by atoms with Crippen LogP contribution in [-0.2, 0) is 0 Å². The van der Waals surface area contributed by atoms with Gasteiger partial charge in [0.25, 0.3) is 11.8 Å². The highest BCUT2D eigenvalue weighted by atomic mass is 16.2. The van der Waals surface area contributed by atoms with Gasteiger partial charge in [0.1, 0.15) is 0 Å². The monoisotopic (exact) mass is 374 g/mol. The van der Waals surface area contributed by atoms with Gasteiger partial charge in [-0.05, 0) is 61.4 Å². The van der Waals surface area contributed by atoms with Crippen LogP contribution in [0.15, 0.2) is 73.3 Å². The lowest BCUT2D eigenvalue weighted by Crippen LogP contribution is -2.46. The van der Waals surface area contributed by atoms with Gasteiger partial charge < -0.3 is 14.8 Å². The SMILES string of the molecule is O=C(NC1CCN(C(=O)c2ccc(-n3cccc3)cc2)CC1)c1cccnc1. The average molecular weight is 374 g/mol. The molecule has 142 valence electrons. The van der Waals surface area contributed by atoms with Crippen molar-refractivity contribution in [1.82, 2.24) is 19.8 Å². The number of pyridine rings is 1. The van der Waals surface area contributed by atoms with Gasteiger partial charge in [0.2, 0.25) is 0 Å². The van der Waals surface area contributed by atoms with Crippen LogP contribution in [0.1, 0.15) is 33.6 Å². The van der Waals surface area contributed by atoms with Crippen molar-refractivity contribution in [3.8, 4) is 5.69 Å². The summed E-state index contributed by atoms with van der Waals surface area (Å²) in [4.78, 5) is 30.9. The molecule has 1 fully saturated rings. The highest BCUT2D eigenvalue weighted by molar-refractivity contribution is 5.95. The van der Waals surface area contributed by atoms with Gasteiger partial charge in [-0.1, -0.05) is 0 Å². The predicted molar refractivity (Wildman–Crippen MR) is 106 cm³/mol. The molecule has 0 aliphatic carbocycles. The minimum Gasteiger partial charge on any atom is -0.349 e. The third-order valence-electron chi connectivity index (χ3n) is 5.06. The second kappa shape index (κ2) is 8.08. The molecule has 0 unspecified atom stereocenters. The van der Waals surface area contributed by atoms with E-state index >= 15 is 0 Å². The van der Waals surface area contributed by atoms with Crippen LogP contribution < -0.4 is 5.32 Å². The maximum atomic E-state index is 12.8. The van der Waals surface area contributed by atoms with E-state index < -0.39 is 0 Å². The lowest BCUT2D eigenvalue weighted by molar-refractivity contribution is 0.0698. The molecule has 0 bridgehead atoms. The topological polar surface area (TPSA) is 67.2 Å². The standard InChI is InChI=1S/C22H22N4O2/c27-21(18-4-3-11-23-16-18)24-19-9-14-26(15-10-19)22(28)17-5-7-20(8-6-17)25-12-1-2-13-25/h1-8,11-13,16,19H,9-10,14-15H2,(H,24,27). The van der Waals surface area contributed by atoms with Crippen molar-refractivity contribution in [1.29, 1.82) is 0 Å². The summed E-state index contributed by atoms with van der Waals surface area (Å²) in [5.74, 6) is -0.0745. The third-order valence-corrected chi connectivity index (χ3v) is 5.06. The molecule has 0 saturated carbocycles. The fraction of sp³-hybridized carbons (Fsp3) is 0.227. The highest BCUT2D eigenvalue weighted by Gasteiger charge is 2.25. The Bertz CT molecular complexity index is 928. The molecule has 1 aromatic carbocycles. The summed E-state index contributed by atoms with van der Waals surface area (Å²) < 4.78 is 2.00. The molecule has 0 radical (unpaired) electrons. The van der Waals surface area contributed by atoms with E-state index in [9.17, 15) is 9.59 Å². The molecule has 4 rings (SSSR count). The largest absolute Gasteiger partial charge is 0.349 e. The number of carbonyl (C=O) groups excluding carboxylic acids is 2. The lowest BCUT2D eigenvalue weighted by Gasteiger charge is -2.32. The van der Waals surface area contributed by atoms with Gasteiger partial charge in [0.05, 0.1) is 5.56 Å². The Balaban J connectivity index is 1.32. The number of likely N-dealkylation sites (tertiary alicyclic amines) is 1. The van der Waals surface area contributed by atoms with Crippen LogP contribution in [-0.4, -0.2) is 45.4 Å². The molecule has 1 aliphatic rings. The first-order valence-electron chi connectivity index (χ1n) is 9.44. The first kappa shape index (κ1) is 18.0. The molecule has 0 spiro atoms. The summed E-state index contributed by atoms with van der Waals surface area (Å²) in [6.07, 6.45) is 8.65. The molecule has 28 heavy (non-hydrogen) atoms. The van der Waals surface area contributed by atoms with E-state index in [0.29, 0.717) is 24.2 Å². The number of carbonyl (C=O) groups is 2. The Kier molecular flexibility index (Phi) is 5.19. The van der Waals surface area contributed by atoms with Crippen LogP contribution in [0.5, 0.6) is 0 Å². The summed E-state index contributed by atoms with van der Waals surface area (Å²) in [7, 11) is 0. The van der Waals surface area contributed by atoms with E-state index in [0.717, 1.165) is 18.5 Å². The first-order valence-corrected chi connectivity index (χ1v) is 9.44. The maximum absolute atomic E-state index is 12.8. The third kappa shape index (κ3) is 3.96. The van der Waals surface area contributed by atoms with Crippen molar-refractivity contribution in [3.05, 3.63) is 84.4 Å². The van der Waals surface area contributed by atoms with Gasteiger partial charge in [-0.25, -0.2) is 0 Å². The molecule has 6 nitrogen and oxygen atoms in total. The van der Waals surface area contributed by atoms with Gasteiger partial charge >= 0.3 is 0 Å². The molecule has 3 heterocycles. The van der Waals surface area contributed by atoms with Crippen LogP contribution >= 0.6 is 0 Å². The second-order valence-electron chi connectivity index (χ2n) is 6.92. The molecule has 6 heteroatoms. The zero-order chi connectivity index (χ0) is 19.3. The van der Waals surface area contributed by atoms with E-state index in [1.165, 1.54) is 0 Å². The minimum absolute atomic E-state index is 0.0380. The van der Waals surface area contributed by atoms with Gasteiger partial charge in [-0.15, -0.1) is 0 Å². The predicted octanol–water partition coefficient (Wildman–Crippen LogP) is 2.91. The van der Waals surface area contributed by atoms with Crippen LogP contribution in [0.4, 0.5) is 0 Å². The molecule has 1 saturated heterocycles. The molecule has 1 aliphatic heterocycles. The molecular weight excluding hydrogens is 352 g/mol. The van der Waals surface area contributed by atoms with Crippen molar-refractivity contribution in [2.45, 2.75) is 18.9 Å². The number of benzene rings is 1. The average Bonchev–Trinajstić information content (AvgIpc) is 3.29. The summed E-state index contributed by atoms with van der Waals surface area (Å²) in [6, 6.07) is 15.2. The molecule has 3 aromatic rings. The Hall–Kier alpha value is -3.41. The Labute approximate surface area is 163 Å². The van der Waals surface area contributed by atoms with Crippen molar-refractivity contribution in [2.24, 2.45) is 0 Å². The summed E-state index contributed by atoms with van der Waals surface area (Å²) in [5, 5.41) is 3.04. The molecule has 1 N–H and O–H groups in total. The van der Waals surface area contributed by atoms with Crippen LogP contribution in [0.2, 0.25) is 0 Å². The van der Waals surface area contributed by atoms with E-state index in [1.54, 1.807) is 24.5 Å². The summed E-state index contributed by atoms with van der Waals surface area (Å²) >= 11 is 0. The molecule has 0 atom stereocenters. The van der Waals surface area contributed by atoms with Gasteiger partial charge in [0, 0.05) is 55.2 Å². The van der Waals surface area contributed by atoms with Gasteiger partial charge in [0.15, 0.2) is 0 Å². The van der Waals surface area contributed by atoms with Gasteiger partial charge in [-0.3, -0.25) is 14.6 Å². The fourth-order valence-electron chi connectivity index (χ4n) is 3.46. The molecule has 2 amide bonds. The van der Waals surface area contributed by atoms with Gasteiger partial charge in [-0.2, -0.15) is 0 Å². The summed E-state index contributed by atoms with van der Waals surface area (Å²) in [5.41, 5.74) is 2.27. The second-order valence-corrected chi connectivity index (χ2v) is 6.92. The van der Waals surface area contributed by atoms with Crippen molar-refractivity contribution < 1.29 is 9.59 Å². The zero-order valence-electron chi connectivity index (χ0n) is 15.5. The Morgan fingerprint density at radius 2 is 1.64 bits per heavy atom. The quantitative estimate of drug-likeness (QED) is 0.764. The highest BCUT2D eigenvalue weighted by Crippen LogP contribution is 2.16. The number of amides is 2. The first-order chi connectivity index (χ1) is 13.7. The number of piperidine rings is 1. The zero-order valence-corrected chi connectivity index (χ0v) is 15.5. The number of rotatable bonds is 4.